The predicted molar refractivity (Wildman–Crippen MR) is 109 cm³/mol. The van der Waals surface area contributed by atoms with E-state index in [1.165, 1.54) is 16.2 Å². The topological polar surface area (TPSA) is 56.1 Å². The van der Waals surface area contributed by atoms with E-state index in [9.17, 15) is 4.79 Å². The summed E-state index contributed by atoms with van der Waals surface area (Å²) in [5.41, 5.74) is 1.36. The SMILES string of the molecule is COc1cccc(C(=O)N(CC[NH+](C)C)c2nc3ccccc3s2)c1OC. The Kier molecular flexibility index (Phi) is 5.93. The van der Waals surface area contributed by atoms with E-state index >= 15 is 0 Å². The molecule has 27 heavy (non-hydrogen) atoms. The smallest absolute Gasteiger partial charge is 0.264 e. The molecule has 142 valence electrons. The van der Waals surface area contributed by atoms with Crippen LogP contribution >= 0.6 is 11.3 Å². The Bertz CT molecular complexity index is 906. The molecule has 7 heteroatoms. The molecule has 1 heterocycles. The number of carbonyl (C=O) groups excluding carboxylic acids is 1. The van der Waals surface area contributed by atoms with Crippen LogP contribution in [-0.4, -0.2) is 52.3 Å². The van der Waals surface area contributed by atoms with Crippen molar-refractivity contribution in [3.63, 3.8) is 0 Å². The van der Waals surface area contributed by atoms with E-state index in [4.69, 9.17) is 9.47 Å². The zero-order valence-electron chi connectivity index (χ0n) is 16.0. The molecule has 1 N–H and O–H groups in total. The quantitative estimate of drug-likeness (QED) is 0.676. The first-order valence-corrected chi connectivity index (χ1v) is 9.54. The maximum Gasteiger partial charge on any atom is 0.264 e. The molecule has 1 aromatic heterocycles. The molecule has 0 unspecified atom stereocenters. The van der Waals surface area contributed by atoms with Crippen molar-refractivity contribution >= 4 is 32.6 Å². The predicted octanol–water partition coefficient (Wildman–Crippen LogP) is 2.10. The lowest BCUT2D eigenvalue weighted by molar-refractivity contribution is -0.856. The summed E-state index contributed by atoms with van der Waals surface area (Å²) in [6, 6.07) is 13.2. The van der Waals surface area contributed by atoms with Crippen LogP contribution in [-0.2, 0) is 0 Å². The Morgan fingerprint density at radius 1 is 1.11 bits per heavy atom. The lowest BCUT2D eigenvalue weighted by atomic mass is 10.1. The number of methoxy groups -OCH3 is 2. The fourth-order valence-electron chi connectivity index (χ4n) is 2.80. The Morgan fingerprint density at radius 3 is 2.56 bits per heavy atom. The van der Waals surface area contributed by atoms with Crippen LogP contribution in [0, 0.1) is 0 Å². The number of ether oxygens (including phenoxy) is 2. The van der Waals surface area contributed by atoms with Crippen molar-refractivity contribution in [2.24, 2.45) is 0 Å². The number of likely N-dealkylation sites (N-methyl/N-ethyl adjacent to an activating group) is 1. The minimum Gasteiger partial charge on any atom is -0.493 e. The van der Waals surface area contributed by atoms with Crippen molar-refractivity contribution in [1.29, 1.82) is 0 Å². The molecule has 2 aromatic carbocycles. The number of nitrogens with zero attached hydrogens (tertiary/aromatic N) is 2. The summed E-state index contributed by atoms with van der Waals surface area (Å²) in [5.74, 6) is 0.824. The van der Waals surface area contributed by atoms with Gasteiger partial charge < -0.3 is 14.4 Å². The van der Waals surface area contributed by atoms with Crippen molar-refractivity contribution in [1.82, 2.24) is 4.98 Å². The summed E-state index contributed by atoms with van der Waals surface area (Å²) < 4.78 is 11.9. The van der Waals surface area contributed by atoms with Crippen molar-refractivity contribution < 1.29 is 19.2 Å². The van der Waals surface area contributed by atoms with E-state index in [1.807, 2.05) is 24.3 Å². The number of thiazole rings is 1. The Labute approximate surface area is 162 Å². The average Bonchev–Trinajstić information content (AvgIpc) is 3.10. The number of benzene rings is 2. The molecular weight excluding hydrogens is 362 g/mol. The van der Waals surface area contributed by atoms with E-state index in [2.05, 4.69) is 19.1 Å². The van der Waals surface area contributed by atoms with Gasteiger partial charge in [0, 0.05) is 0 Å². The Morgan fingerprint density at radius 2 is 1.89 bits per heavy atom. The van der Waals surface area contributed by atoms with Gasteiger partial charge in [-0.2, -0.15) is 0 Å². The van der Waals surface area contributed by atoms with Gasteiger partial charge in [-0.15, -0.1) is 0 Å². The van der Waals surface area contributed by atoms with Gasteiger partial charge in [0.2, 0.25) is 0 Å². The first kappa shape index (κ1) is 19.1. The second-order valence-corrected chi connectivity index (χ2v) is 7.43. The standard InChI is InChI=1S/C20H23N3O3S/c1-22(2)12-13-23(20-21-15-9-5-6-11-17(15)27-20)19(24)14-8-7-10-16(25-3)18(14)26-4/h5-11H,12-13H2,1-4H3/p+1. The van der Waals surface area contributed by atoms with Gasteiger partial charge in [-0.05, 0) is 24.3 Å². The highest BCUT2D eigenvalue weighted by molar-refractivity contribution is 7.22. The third-order valence-corrected chi connectivity index (χ3v) is 5.29. The Balaban J connectivity index is 2.04. The second-order valence-electron chi connectivity index (χ2n) is 6.42. The zero-order valence-corrected chi connectivity index (χ0v) is 16.8. The fraction of sp³-hybridized carbons (Fsp3) is 0.300. The Hall–Kier alpha value is -2.64. The van der Waals surface area contributed by atoms with Gasteiger partial charge in [0.25, 0.3) is 5.91 Å². The number of nitrogens with one attached hydrogen (secondary N) is 1. The average molecular weight is 386 g/mol. The summed E-state index contributed by atoms with van der Waals surface area (Å²) in [6.45, 7) is 1.36. The van der Waals surface area contributed by atoms with Crippen LogP contribution < -0.4 is 19.3 Å². The van der Waals surface area contributed by atoms with E-state index < -0.39 is 0 Å². The van der Waals surface area contributed by atoms with Crippen molar-refractivity contribution in [2.45, 2.75) is 0 Å². The lowest BCUT2D eigenvalue weighted by Gasteiger charge is -2.22. The number of para-hydroxylation sites is 2. The molecule has 0 saturated heterocycles. The van der Waals surface area contributed by atoms with Gasteiger partial charge in [0.15, 0.2) is 16.6 Å². The van der Waals surface area contributed by atoms with Gasteiger partial charge in [-0.25, -0.2) is 4.98 Å². The minimum absolute atomic E-state index is 0.147. The van der Waals surface area contributed by atoms with Gasteiger partial charge in [0.1, 0.15) is 0 Å². The van der Waals surface area contributed by atoms with Gasteiger partial charge in [0.05, 0.1) is 57.2 Å². The largest absolute Gasteiger partial charge is 0.493 e. The number of hydrogen-bond donors (Lipinski definition) is 1. The summed E-state index contributed by atoms with van der Waals surface area (Å²) in [5, 5.41) is 0.687. The summed E-state index contributed by atoms with van der Waals surface area (Å²) in [7, 11) is 7.23. The van der Waals surface area contributed by atoms with Crippen LogP contribution in [0.4, 0.5) is 5.13 Å². The molecular formula is C20H24N3O3S+. The molecule has 0 aliphatic heterocycles. The third-order valence-electron chi connectivity index (χ3n) is 4.23. The summed E-state index contributed by atoms with van der Waals surface area (Å²) in [6.07, 6.45) is 0. The molecule has 0 aliphatic carbocycles. The number of amides is 1. The van der Waals surface area contributed by atoms with Crippen LogP contribution in [0.5, 0.6) is 11.5 Å². The number of rotatable bonds is 7. The van der Waals surface area contributed by atoms with Gasteiger partial charge in [-0.1, -0.05) is 29.5 Å². The first-order chi connectivity index (χ1) is 13.0. The number of anilines is 1. The van der Waals surface area contributed by atoms with Gasteiger partial charge in [-0.3, -0.25) is 9.69 Å². The van der Waals surface area contributed by atoms with E-state index in [-0.39, 0.29) is 5.91 Å². The molecule has 0 atom stereocenters. The highest BCUT2D eigenvalue weighted by Gasteiger charge is 2.26. The first-order valence-electron chi connectivity index (χ1n) is 8.72. The molecule has 6 nitrogen and oxygen atoms in total. The van der Waals surface area contributed by atoms with Crippen LogP contribution in [0.2, 0.25) is 0 Å². The molecule has 0 spiro atoms. The van der Waals surface area contributed by atoms with E-state index in [0.717, 1.165) is 16.8 Å². The number of quaternary nitrogens is 1. The maximum absolute atomic E-state index is 13.4. The molecule has 0 fully saturated rings. The molecule has 3 rings (SSSR count). The van der Waals surface area contributed by atoms with Crippen LogP contribution in [0.1, 0.15) is 10.4 Å². The molecule has 0 radical (unpaired) electrons. The zero-order chi connectivity index (χ0) is 19.4. The van der Waals surface area contributed by atoms with E-state index in [1.54, 1.807) is 37.3 Å². The monoisotopic (exact) mass is 386 g/mol. The molecule has 1 amide bonds. The second kappa shape index (κ2) is 8.37. The third kappa shape index (κ3) is 4.04. The highest BCUT2D eigenvalue weighted by Crippen LogP contribution is 2.34. The van der Waals surface area contributed by atoms with E-state index in [0.29, 0.717) is 28.7 Å². The summed E-state index contributed by atoms with van der Waals surface area (Å²) >= 11 is 1.52. The molecule has 0 saturated carbocycles. The van der Waals surface area contributed by atoms with Crippen molar-refractivity contribution in [3.8, 4) is 11.5 Å². The van der Waals surface area contributed by atoms with Crippen LogP contribution in [0.3, 0.4) is 0 Å². The number of aromatic nitrogens is 1. The molecule has 0 aliphatic rings. The number of fused-ring (bicyclic) bond motifs is 1. The number of hydrogen-bond acceptors (Lipinski definition) is 5. The normalized spacial score (nSPS) is 11.0. The number of carbonyl (C=O) groups is 1. The highest BCUT2D eigenvalue weighted by atomic mass is 32.1. The van der Waals surface area contributed by atoms with Crippen LogP contribution in [0.25, 0.3) is 10.2 Å². The van der Waals surface area contributed by atoms with Crippen LogP contribution in [0.15, 0.2) is 42.5 Å². The minimum atomic E-state index is -0.147. The van der Waals surface area contributed by atoms with Crippen molar-refractivity contribution in [3.05, 3.63) is 48.0 Å². The summed E-state index contributed by atoms with van der Waals surface area (Å²) in [4.78, 5) is 21.1. The van der Waals surface area contributed by atoms with Gasteiger partial charge >= 0.3 is 0 Å². The molecule has 0 bridgehead atoms. The fourth-order valence-corrected chi connectivity index (χ4v) is 3.79. The lowest BCUT2D eigenvalue weighted by Crippen LogP contribution is -3.06. The van der Waals surface area contributed by atoms with Crippen molar-refractivity contribution in [2.75, 3.05) is 46.3 Å². The molecule has 3 aromatic rings. The maximum atomic E-state index is 13.4.